The van der Waals surface area contributed by atoms with Gasteiger partial charge in [-0.25, -0.2) is 4.39 Å². The van der Waals surface area contributed by atoms with Gasteiger partial charge in [0.25, 0.3) is 0 Å². The zero-order chi connectivity index (χ0) is 10.7. The van der Waals surface area contributed by atoms with Gasteiger partial charge in [0.05, 0.1) is 11.6 Å². The van der Waals surface area contributed by atoms with Crippen LogP contribution in [0.5, 0.6) is 5.75 Å². The molecule has 0 amide bonds. The van der Waals surface area contributed by atoms with Crippen LogP contribution in [0, 0.1) is 5.82 Å². The molecule has 0 aliphatic carbocycles. The molecule has 0 spiro atoms. The van der Waals surface area contributed by atoms with Gasteiger partial charge in [-0.15, -0.1) is 0 Å². The van der Waals surface area contributed by atoms with E-state index in [1.54, 1.807) is 13.2 Å². The van der Waals surface area contributed by atoms with Gasteiger partial charge in [0.15, 0.2) is 0 Å². The van der Waals surface area contributed by atoms with Crippen LogP contribution in [-0.4, -0.2) is 13.2 Å². The van der Waals surface area contributed by atoms with Crippen molar-refractivity contribution in [2.45, 2.75) is 19.4 Å². The first-order valence-corrected chi connectivity index (χ1v) is 5.12. The molecule has 4 heteroatoms. The minimum Gasteiger partial charge on any atom is -0.496 e. The van der Waals surface area contributed by atoms with Crippen LogP contribution in [0.25, 0.3) is 0 Å². The maximum atomic E-state index is 13.2. The van der Waals surface area contributed by atoms with Crippen molar-refractivity contribution in [3.63, 3.8) is 0 Å². The molecule has 1 aromatic carbocycles. The van der Waals surface area contributed by atoms with Crippen molar-refractivity contribution in [1.82, 2.24) is 0 Å². The fourth-order valence-electron chi connectivity index (χ4n) is 1.28. The number of halogens is 2. The van der Waals surface area contributed by atoms with Gasteiger partial charge in [-0.3, -0.25) is 0 Å². The first kappa shape index (κ1) is 11.5. The highest BCUT2D eigenvalue weighted by Gasteiger charge is 2.13. The van der Waals surface area contributed by atoms with Crippen molar-refractivity contribution < 1.29 is 9.13 Å². The molecule has 1 atom stereocenters. The molecule has 0 bridgehead atoms. The molecule has 1 unspecified atom stereocenters. The lowest BCUT2D eigenvalue weighted by atomic mass is 10.1. The first-order valence-electron chi connectivity index (χ1n) is 4.32. The summed E-state index contributed by atoms with van der Waals surface area (Å²) in [5, 5.41) is 0. The van der Waals surface area contributed by atoms with Crippen LogP contribution in [0.3, 0.4) is 0 Å². The van der Waals surface area contributed by atoms with Crippen LogP contribution in [0.4, 0.5) is 4.39 Å². The van der Waals surface area contributed by atoms with Gasteiger partial charge in [0.2, 0.25) is 0 Å². The second-order valence-electron chi connectivity index (χ2n) is 3.22. The normalized spacial score (nSPS) is 12.6. The molecule has 0 fully saturated rings. The quantitative estimate of drug-likeness (QED) is 0.908. The molecule has 0 heterocycles. The summed E-state index contributed by atoms with van der Waals surface area (Å²) in [4.78, 5) is 0. The molecule has 2 nitrogen and oxygen atoms in total. The molecule has 2 N–H and O–H groups in total. The standard InChI is InChI=1S/C10H13BrFNO/c1-6(13)5-7-9(14-2)4-3-8(12)10(7)11/h3-4,6H,5,13H2,1-2H3. The number of ether oxygens (including phenoxy) is 1. The Kier molecular flexibility index (Phi) is 3.89. The maximum Gasteiger partial charge on any atom is 0.137 e. The third-order valence-corrected chi connectivity index (χ3v) is 2.76. The van der Waals surface area contributed by atoms with Gasteiger partial charge in [0.1, 0.15) is 11.6 Å². The zero-order valence-corrected chi connectivity index (χ0v) is 9.77. The van der Waals surface area contributed by atoms with Gasteiger partial charge < -0.3 is 10.5 Å². The topological polar surface area (TPSA) is 35.2 Å². The Bertz CT molecular complexity index is 328. The highest BCUT2D eigenvalue weighted by atomic mass is 79.9. The number of hydrogen-bond donors (Lipinski definition) is 1. The summed E-state index contributed by atoms with van der Waals surface area (Å²) in [7, 11) is 1.56. The third-order valence-electron chi connectivity index (χ3n) is 1.90. The molecule has 0 aromatic heterocycles. The second-order valence-corrected chi connectivity index (χ2v) is 4.02. The van der Waals surface area contributed by atoms with E-state index >= 15 is 0 Å². The van der Waals surface area contributed by atoms with E-state index < -0.39 is 0 Å². The number of rotatable bonds is 3. The average molecular weight is 262 g/mol. The molecular weight excluding hydrogens is 249 g/mol. The molecule has 0 radical (unpaired) electrons. The highest BCUT2D eigenvalue weighted by Crippen LogP contribution is 2.30. The van der Waals surface area contributed by atoms with E-state index in [0.29, 0.717) is 16.6 Å². The summed E-state index contributed by atoms with van der Waals surface area (Å²) in [5.41, 5.74) is 6.45. The number of methoxy groups -OCH3 is 1. The fourth-order valence-corrected chi connectivity index (χ4v) is 1.77. The van der Waals surface area contributed by atoms with Gasteiger partial charge in [-0.1, -0.05) is 0 Å². The van der Waals surface area contributed by atoms with E-state index in [4.69, 9.17) is 10.5 Å². The monoisotopic (exact) mass is 261 g/mol. The number of nitrogens with two attached hydrogens (primary N) is 1. The van der Waals surface area contributed by atoms with Crippen molar-refractivity contribution in [3.05, 3.63) is 28.0 Å². The minimum atomic E-state index is -0.290. The van der Waals surface area contributed by atoms with Gasteiger partial charge in [0, 0.05) is 11.6 Å². The van der Waals surface area contributed by atoms with E-state index in [2.05, 4.69) is 15.9 Å². The van der Waals surface area contributed by atoms with Gasteiger partial charge >= 0.3 is 0 Å². The van der Waals surface area contributed by atoms with Crippen LogP contribution in [0.2, 0.25) is 0 Å². The average Bonchev–Trinajstić information content (AvgIpc) is 2.13. The molecule has 0 aliphatic heterocycles. The molecular formula is C10H13BrFNO. The van der Waals surface area contributed by atoms with Crippen molar-refractivity contribution in [2.24, 2.45) is 5.73 Å². The number of hydrogen-bond acceptors (Lipinski definition) is 2. The highest BCUT2D eigenvalue weighted by molar-refractivity contribution is 9.10. The molecule has 0 aliphatic rings. The van der Waals surface area contributed by atoms with Gasteiger partial charge in [-0.2, -0.15) is 0 Å². The SMILES string of the molecule is COc1ccc(F)c(Br)c1CC(C)N. The molecule has 78 valence electrons. The van der Waals surface area contributed by atoms with Crippen molar-refractivity contribution in [2.75, 3.05) is 7.11 Å². The smallest absolute Gasteiger partial charge is 0.137 e. The lowest BCUT2D eigenvalue weighted by molar-refractivity contribution is 0.406. The van der Waals surface area contributed by atoms with Crippen molar-refractivity contribution in [1.29, 1.82) is 0 Å². The summed E-state index contributed by atoms with van der Waals surface area (Å²) in [5.74, 6) is 0.372. The van der Waals surface area contributed by atoms with E-state index in [1.807, 2.05) is 6.92 Å². The Morgan fingerprint density at radius 1 is 1.57 bits per heavy atom. The Labute approximate surface area is 91.4 Å². The zero-order valence-electron chi connectivity index (χ0n) is 8.18. The van der Waals surface area contributed by atoms with Crippen LogP contribution >= 0.6 is 15.9 Å². The maximum absolute atomic E-state index is 13.2. The van der Waals surface area contributed by atoms with Crippen LogP contribution in [0.15, 0.2) is 16.6 Å². The summed E-state index contributed by atoms with van der Waals surface area (Å²) in [6.45, 7) is 1.87. The molecule has 0 saturated heterocycles. The summed E-state index contributed by atoms with van der Waals surface area (Å²) in [6.07, 6.45) is 0.585. The fraction of sp³-hybridized carbons (Fsp3) is 0.400. The van der Waals surface area contributed by atoms with Crippen LogP contribution < -0.4 is 10.5 Å². The third kappa shape index (κ3) is 2.45. The van der Waals surface area contributed by atoms with E-state index in [9.17, 15) is 4.39 Å². The lowest BCUT2D eigenvalue weighted by Gasteiger charge is -2.12. The largest absolute Gasteiger partial charge is 0.496 e. The van der Waals surface area contributed by atoms with E-state index in [1.165, 1.54) is 6.07 Å². The van der Waals surface area contributed by atoms with E-state index in [0.717, 1.165) is 5.56 Å². The molecule has 1 rings (SSSR count). The van der Waals surface area contributed by atoms with Crippen molar-refractivity contribution in [3.8, 4) is 5.75 Å². The molecule has 1 aromatic rings. The Balaban J connectivity index is 3.14. The van der Waals surface area contributed by atoms with Crippen LogP contribution in [-0.2, 0) is 6.42 Å². The number of benzene rings is 1. The molecule has 14 heavy (non-hydrogen) atoms. The van der Waals surface area contributed by atoms with Gasteiger partial charge in [-0.05, 0) is 41.4 Å². The Morgan fingerprint density at radius 3 is 2.71 bits per heavy atom. The van der Waals surface area contributed by atoms with Crippen molar-refractivity contribution >= 4 is 15.9 Å². The first-order chi connectivity index (χ1) is 6.56. The molecule has 0 saturated carbocycles. The second kappa shape index (κ2) is 4.75. The Hall–Kier alpha value is -0.610. The Morgan fingerprint density at radius 2 is 2.21 bits per heavy atom. The van der Waals surface area contributed by atoms with Crippen LogP contribution in [0.1, 0.15) is 12.5 Å². The minimum absolute atomic E-state index is 0.0259. The predicted octanol–water partition coefficient (Wildman–Crippen LogP) is 2.49. The lowest BCUT2D eigenvalue weighted by Crippen LogP contribution is -2.18. The predicted molar refractivity (Wildman–Crippen MR) is 58.0 cm³/mol. The summed E-state index contributed by atoms with van der Waals surface area (Å²) >= 11 is 3.19. The van der Waals surface area contributed by atoms with E-state index in [-0.39, 0.29) is 11.9 Å². The summed E-state index contributed by atoms with van der Waals surface area (Å²) < 4.78 is 18.8. The summed E-state index contributed by atoms with van der Waals surface area (Å²) in [6, 6.07) is 2.95.